The first-order chi connectivity index (χ1) is 9.06. The van der Waals surface area contributed by atoms with Crippen LogP contribution in [0, 0.1) is 5.92 Å². The van der Waals surface area contributed by atoms with Crippen LogP contribution in [0.25, 0.3) is 0 Å². The molecule has 4 nitrogen and oxygen atoms in total. The minimum absolute atomic E-state index is 0.00116. The minimum Gasteiger partial charge on any atom is -0.376 e. The fourth-order valence-electron chi connectivity index (χ4n) is 3.30. The maximum Gasteiger partial charge on any atom is 0.241 e. The number of rotatable bonds is 5. The van der Waals surface area contributed by atoms with Gasteiger partial charge in [-0.15, -0.1) is 0 Å². The lowest BCUT2D eigenvalue weighted by Crippen LogP contribution is -2.50. The normalized spacial score (nSPS) is 33.4. The molecule has 2 aliphatic heterocycles. The number of carbonyl (C=O) groups is 1. The van der Waals surface area contributed by atoms with Crippen molar-refractivity contribution in [3.63, 3.8) is 0 Å². The number of nitrogens with one attached hydrogen (secondary N) is 1. The highest BCUT2D eigenvalue weighted by Gasteiger charge is 2.44. The molecule has 0 aromatic rings. The van der Waals surface area contributed by atoms with Crippen molar-refractivity contribution in [1.82, 2.24) is 10.2 Å². The molecule has 0 saturated carbocycles. The standard InChI is InChI=1S/C15H28N2O2/c1-5-7-12-15(18)17(14(16-12)10(2)3)11(4)13-8-6-9-19-13/h10-14,16H,5-9H2,1-4H3. The Morgan fingerprint density at radius 2 is 2.16 bits per heavy atom. The maximum atomic E-state index is 12.6. The fourth-order valence-corrected chi connectivity index (χ4v) is 3.30. The summed E-state index contributed by atoms with van der Waals surface area (Å²) in [6.07, 6.45) is 4.53. The van der Waals surface area contributed by atoms with Crippen molar-refractivity contribution >= 4 is 5.91 Å². The van der Waals surface area contributed by atoms with E-state index in [1.54, 1.807) is 0 Å². The van der Waals surface area contributed by atoms with E-state index in [4.69, 9.17) is 4.74 Å². The van der Waals surface area contributed by atoms with Crippen molar-refractivity contribution in [1.29, 1.82) is 0 Å². The SMILES string of the molecule is CCCC1NC(C(C)C)N(C(C)C2CCCO2)C1=O. The molecule has 4 heteroatoms. The Labute approximate surface area is 116 Å². The molecule has 110 valence electrons. The fraction of sp³-hybridized carbons (Fsp3) is 0.933. The second kappa shape index (κ2) is 6.23. The van der Waals surface area contributed by atoms with Crippen molar-refractivity contribution in [2.45, 2.75) is 77.7 Å². The van der Waals surface area contributed by atoms with Crippen LogP contribution in [-0.4, -0.2) is 41.8 Å². The number of amides is 1. The second-order valence-corrected chi connectivity index (χ2v) is 6.23. The molecule has 0 aromatic carbocycles. The summed E-state index contributed by atoms with van der Waals surface area (Å²) in [5, 5.41) is 3.52. The molecule has 1 amide bonds. The van der Waals surface area contributed by atoms with Gasteiger partial charge in [0.1, 0.15) is 0 Å². The van der Waals surface area contributed by atoms with E-state index in [9.17, 15) is 4.79 Å². The van der Waals surface area contributed by atoms with Crippen LogP contribution in [0.1, 0.15) is 53.4 Å². The van der Waals surface area contributed by atoms with Gasteiger partial charge in [-0.1, -0.05) is 27.2 Å². The van der Waals surface area contributed by atoms with E-state index in [0.717, 1.165) is 32.3 Å². The first kappa shape index (κ1) is 14.8. The Balaban J connectivity index is 2.11. The molecule has 2 rings (SSSR count). The van der Waals surface area contributed by atoms with Gasteiger partial charge in [0.05, 0.1) is 24.4 Å². The third-order valence-corrected chi connectivity index (χ3v) is 4.37. The van der Waals surface area contributed by atoms with E-state index in [-0.39, 0.29) is 30.3 Å². The van der Waals surface area contributed by atoms with Crippen molar-refractivity contribution in [2.75, 3.05) is 6.61 Å². The van der Waals surface area contributed by atoms with Gasteiger partial charge in [0.15, 0.2) is 0 Å². The molecule has 1 N–H and O–H groups in total. The molecule has 0 spiro atoms. The zero-order chi connectivity index (χ0) is 14.0. The van der Waals surface area contributed by atoms with Gasteiger partial charge in [-0.3, -0.25) is 10.1 Å². The Kier molecular flexibility index (Phi) is 4.85. The maximum absolute atomic E-state index is 12.6. The average Bonchev–Trinajstić information content (AvgIpc) is 2.98. The molecule has 0 bridgehead atoms. The van der Waals surface area contributed by atoms with Crippen LogP contribution in [0.15, 0.2) is 0 Å². The van der Waals surface area contributed by atoms with E-state index in [2.05, 4.69) is 37.9 Å². The van der Waals surface area contributed by atoms with Gasteiger partial charge in [-0.05, 0) is 32.1 Å². The number of hydrogen-bond donors (Lipinski definition) is 1. The molecule has 0 radical (unpaired) electrons. The highest BCUT2D eigenvalue weighted by molar-refractivity contribution is 5.84. The Morgan fingerprint density at radius 1 is 1.42 bits per heavy atom. The van der Waals surface area contributed by atoms with Crippen LogP contribution in [0.2, 0.25) is 0 Å². The summed E-state index contributed by atoms with van der Waals surface area (Å²) in [7, 11) is 0. The smallest absolute Gasteiger partial charge is 0.241 e. The molecule has 2 heterocycles. The van der Waals surface area contributed by atoms with E-state index in [0.29, 0.717) is 5.92 Å². The summed E-state index contributed by atoms with van der Waals surface area (Å²) in [6.45, 7) is 9.46. The zero-order valence-corrected chi connectivity index (χ0v) is 12.7. The van der Waals surface area contributed by atoms with Crippen molar-refractivity contribution in [3.8, 4) is 0 Å². The first-order valence-electron chi connectivity index (χ1n) is 7.76. The molecular weight excluding hydrogens is 240 g/mol. The van der Waals surface area contributed by atoms with Gasteiger partial charge >= 0.3 is 0 Å². The summed E-state index contributed by atoms with van der Waals surface area (Å²) in [5.74, 6) is 0.693. The Bertz CT molecular complexity index is 313. The van der Waals surface area contributed by atoms with Gasteiger partial charge in [-0.25, -0.2) is 0 Å². The summed E-state index contributed by atoms with van der Waals surface area (Å²) >= 11 is 0. The molecule has 2 fully saturated rings. The van der Waals surface area contributed by atoms with Crippen molar-refractivity contribution in [3.05, 3.63) is 0 Å². The molecule has 2 aliphatic rings. The summed E-state index contributed by atoms with van der Waals surface area (Å²) < 4.78 is 5.78. The lowest BCUT2D eigenvalue weighted by atomic mass is 10.0. The van der Waals surface area contributed by atoms with Crippen LogP contribution in [0.3, 0.4) is 0 Å². The molecule has 4 unspecified atom stereocenters. The highest BCUT2D eigenvalue weighted by Crippen LogP contribution is 2.27. The third-order valence-electron chi connectivity index (χ3n) is 4.37. The average molecular weight is 268 g/mol. The predicted octanol–water partition coefficient (Wildman–Crippen LogP) is 2.14. The van der Waals surface area contributed by atoms with Crippen molar-refractivity contribution in [2.24, 2.45) is 5.92 Å². The van der Waals surface area contributed by atoms with E-state index < -0.39 is 0 Å². The molecule has 19 heavy (non-hydrogen) atoms. The topological polar surface area (TPSA) is 41.6 Å². The van der Waals surface area contributed by atoms with Crippen LogP contribution in [0.5, 0.6) is 0 Å². The number of ether oxygens (including phenoxy) is 1. The predicted molar refractivity (Wildman–Crippen MR) is 75.7 cm³/mol. The van der Waals surface area contributed by atoms with Crippen LogP contribution < -0.4 is 5.32 Å². The third kappa shape index (κ3) is 2.95. The number of nitrogens with zero attached hydrogens (tertiary/aromatic N) is 1. The van der Waals surface area contributed by atoms with Crippen LogP contribution in [0.4, 0.5) is 0 Å². The Morgan fingerprint density at radius 3 is 2.68 bits per heavy atom. The van der Waals surface area contributed by atoms with Gasteiger partial charge < -0.3 is 9.64 Å². The molecule has 0 aliphatic carbocycles. The Hall–Kier alpha value is -0.610. The minimum atomic E-state index is 0.00116. The zero-order valence-electron chi connectivity index (χ0n) is 12.7. The van der Waals surface area contributed by atoms with Gasteiger partial charge in [-0.2, -0.15) is 0 Å². The lowest BCUT2D eigenvalue weighted by molar-refractivity contribution is -0.135. The number of carbonyl (C=O) groups excluding carboxylic acids is 1. The first-order valence-corrected chi connectivity index (χ1v) is 7.76. The highest BCUT2D eigenvalue weighted by atomic mass is 16.5. The monoisotopic (exact) mass is 268 g/mol. The molecule has 2 saturated heterocycles. The van der Waals surface area contributed by atoms with Crippen LogP contribution >= 0.6 is 0 Å². The van der Waals surface area contributed by atoms with E-state index in [1.165, 1.54) is 0 Å². The van der Waals surface area contributed by atoms with E-state index >= 15 is 0 Å². The summed E-state index contributed by atoms with van der Waals surface area (Å²) in [5.41, 5.74) is 0. The summed E-state index contributed by atoms with van der Waals surface area (Å²) in [4.78, 5) is 14.7. The van der Waals surface area contributed by atoms with Crippen molar-refractivity contribution < 1.29 is 9.53 Å². The molecular formula is C15H28N2O2. The van der Waals surface area contributed by atoms with Gasteiger partial charge in [0, 0.05) is 6.61 Å². The molecule has 0 aromatic heterocycles. The largest absolute Gasteiger partial charge is 0.376 e. The second-order valence-electron chi connectivity index (χ2n) is 6.23. The van der Waals surface area contributed by atoms with Crippen LogP contribution in [-0.2, 0) is 9.53 Å². The number of hydrogen-bond acceptors (Lipinski definition) is 3. The van der Waals surface area contributed by atoms with Gasteiger partial charge in [0.2, 0.25) is 5.91 Å². The van der Waals surface area contributed by atoms with E-state index in [1.807, 2.05) is 0 Å². The van der Waals surface area contributed by atoms with Gasteiger partial charge in [0.25, 0.3) is 0 Å². The quantitative estimate of drug-likeness (QED) is 0.830. The molecule has 4 atom stereocenters. The lowest BCUT2D eigenvalue weighted by Gasteiger charge is -2.35. The summed E-state index contributed by atoms with van der Waals surface area (Å²) in [6, 6.07) is 0.179.